The summed E-state index contributed by atoms with van der Waals surface area (Å²) in [6, 6.07) is 13.8. The molecule has 0 unspecified atom stereocenters. The van der Waals surface area contributed by atoms with Crippen LogP contribution in [0.3, 0.4) is 0 Å². The minimum absolute atomic E-state index is 0.00951. The molecule has 0 bridgehead atoms. The van der Waals surface area contributed by atoms with Gasteiger partial charge in [0.15, 0.2) is 0 Å². The molecule has 2 aromatic carbocycles. The van der Waals surface area contributed by atoms with Crippen LogP contribution in [-0.2, 0) is 30.0 Å². The number of aromatic nitrogens is 2. The van der Waals surface area contributed by atoms with Crippen molar-refractivity contribution in [2.75, 3.05) is 5.75 Å². The normalized spacial score (nSPS) is 11.9. The fraction of sp³-hybridized carbons (Fsp3) is 0.235. The van der Waals surface area contributed by atoms with Crippen LogP contribution in [0.2, 0.25) is 0 Å². The molecule has 1 heterocycles. The van der Waals surface area contributed by atoms with Crippen LogP contribution in [0.1, 0.15) is 11.4 Å². The molecule has 0 spiro atoms. The molecule has 0 aliphatic heterocycles. The van der Waals surface area contributed by atoms with Crippen molar-refractivity contribution in [2.45, 2.75) is 13.0 Å². The molecular weight excluding hydrogens is 329 g/mol. The van der Waals surface area contributed by atoms with Crippen LogP contribution in [-0.4, -0.2) is 23.7 Å². The maximum Gasteiger partial charge on any atom is 0.212 e. The van der Waals surface area contributed by atoms with E-state index in [2.05, 4.69) is 9.71 Å². The van der Waals surface area contributed by atoms with Gasteiger partial charge in [-0.2, -0.15) is 0 Å². The zero-order valence-electron chi connectivity index (χ0n) is 13.2. The summed E-state index contributed by atoms with van der Waals surface area (Å²) >= 11 is 0. The zero-order valence-corrected chi connectivity index (χ0v) is 14.1. The average Bonchev–Trinajstić information content (AvgIpc) is 2.88. The third kappa shape index (κ3) is 3.80. The fourth-order valence-electron chi connectivity index (χ4n) is 2.52. The summed E-state index contributed by atoms with van der Waals surface area (Å²) in [6.07, 6.45) is 0.448. The maximum atomic E-state index is 13.3. The molecule has 3 rings (SSSR count). The Morgan fingerprint density at radius 2 is 1.92 bits per heavy atom. The first-order valence-corrected chi connectivity index (χ1v) is 9.22. The van der Waals surface area contributed by atoms with Crippen molar-refractivity contribution >= 4 is 21.1 Å². The molecule has 0 aliphatic carbocycles. The van der Waals surface area contributed by atoms with Crippen LogP contribution in [0.4, 0.5) is 4.39 Å². The Kier molecular flexibility index (Phi) is 4.64. The first-order valence-electron chi connectivity index (χ1n) is 7.57. The van der Waals surface area contributed by atoms with Gasteiger partial charge in [-0.1, -0.05) is 30.3 Å². The number of benzene rings is 2. The Morgan fingerprint density at radius 3 is 2.67 bits per heavy atom. The van der Waals surface area contributed by atoms with Gasteiger partial charge in [0.05, 0.1) is 23.3 Å². The number of aryl methyl sites for hydroxylation is 2. The van der Waals surface area contributed by atoms with Crippen molar-refractivity contribution in [2.24, 2.45) is 7.05 Å². The van der Waals surface area contributed by atoms with E-state index < -0.39 is 10.0 Å². The van der Waals surface area contributed by atoms with Crippen molar-refractivity contribution in [3.05, 3.63) is 65.7 Å². The van der Waals surface area contributed by atoms with Crippen LogP contribution >= 0.6 is 0 Å². The van der Waals surface area contributed by atoms with Crippen LogP contribution < -0.4 is 4.72 Å². The van der Waals surface area contributed by atoms with E-state index in [1.165, 1.54) is 12.1 Å². The number of nitrogens with zero attached hydrogens (tertiary/aromatic N) is 2. The van der Waals surface area contributed by atoms with Gasteiger partial charge < -0.3 is 4.57 Å². The van der Waals surface area contributed by atoms with Gasteiger partial charge in [0.1, 0.15) is 11.6 Å². The largest absolute Gasteiger partial charge is 0.330 e. The van der Waals surface area contributed by atoms with Crippen LogP contribution in [0.25, 0.3) is 11.0 Å². The summed E-state index contributed by atoms with van der Waals surface area (Å²) in [5.41, 5.74) is 2.24. The van der Waals surface area contributed by atoms with Gasteiger partial charge >= 0.3 is 0 Å². The molecule has 0 saturated heterocycles. The minimum Gasteiger partial charge on any atom is -0.330 e. The molecule has 0 aliphatic rings. The van der Waals surface area contributed by atoms with Gasteiger partial charge in [-0.25, -0.2) is 22.5 Å². The SMILES string of the molecule is Cn1c(CNS(=O)(=O)CCc2ccccc2)nc2cc(F)ccc21. The molecule has 5 nitrogen and oxygen atoms in total. The van der Waals surface area contributed by atoms with Gasteiger partial charge in [-0.15, -0.1) is 0 Å². The van der Waals surface area contributed by atoms with Gasteiger partial charge in [0.25, 0.3) is 0 Å². The van der Waals surface area contributed by atoms with Gasteiger partial charge in [-0.05, 0) is 24.1 Å². The van der Waals surface area contributed by atoms with E-state index in [-0.39, 0.29) is 18.1 Å². The number of halogens is 1. The monoisotopic (exact) mass is 347 g/mol. The Morgan fingerprint density at radius 1 is 1.17 bits per heavy atom. The van der Waals surface area contributed by atoms with E-state index in [0.29, 0.717) is 17.8 Å². The second-order valence-electron chi connectivity index (χ2n) is 5.60. The summed E-state index contributed by atoms with van der Waals surface area (Å²) in [5.74, 6) is 0.185. The molecule has 126 valence electrons. The number of nitrogens with one attached hydrogen (secondary N) is 1. The first-order chi connectivity index (χ1) is 11.4. The van der Waals surface area contributed by atoms with Crippen molar-refractivity contribution in [1.29, 1.82) is 0 Å². The van der Waals surface area contributed by atoms with E-state index in [1.807, 2.05) is 30.3 Å². The van der Waals surface area contributed by atoms with Crippen molar-refractivity contribution in [1.82, 2.24) is 14.3 Å². The summed E-state index contributed by atoms with van der Waals surface area (Å²) in [4.78, 5) is 4.29. The highest BCUT2D eigenvalue weighted by Gasteiger charge is 2.14. The molecule has 24 heavy (non-hydrogen) atoms. The van der Waals surface area contributed by atoms with Crippen LogP contribution in [0.5, 0.6) is 0 Å². The number of sulfonamides is 1. The average molecular weight is 347 g/mol. The van der Waals surface area contributed by atoms with E-state index in [0.717, 1.165) is 11.1 Å². The van der Waals surface area contributed by atoms with Crippen LogP contribution in [0, 0.1) is 5.82 Å². The van der Waals surface area contributed by atoms with E-state index in [9.17, 15) is 12.8 Å². The summed E-state index contributed by atoms with van der Waals surface area (Å²) < 4.78 is 41.9. The predicted octanol–water partition coefficient (Wildman–Crippen LogP) is 2.37. The molecule has 0 saturated carbocycles. The molecule has 0 radical (unpaired) electrons. The smallest absolute Gasteiger partial charge is 0.212 e. The Hall–Kier alpha value is -2.25. The van der Waals surface area contributed by atoms with Crippen molar-refractivity contribution in [3.8, 4) is 0 Å². The number of imidazole rings is 1. The van der Waals surface area contributed by atoms with E-state index in [1.54, 1.807) is 17.7 Å². The lowest BCUT2D eigenvalue weighted by atomic mass is 10.2. The Labute approximate surface area is 140 Å². The standard InChI is InChI=1S/C17H18FN3O2S/c1-21-16-8-7-14(18)11-15(16)20-17(21)12-19-24(22,23)10-9-13-5-3-2-4-6-13/h2-8,11,19H,9-10,12H2,1H3. The summed E-state index contributed by atoms with van der Waals surface area (Å²) in [5, 5.41) is 0. The number of hydrogen-bond acceptors (Lipinski definition) is 3. The topological polar surface area (TPSA) is 64.0 Å². The summed E-state index contributed by atoms with van der Waals surface area (Å²) in [6.45, 7) is 0.0733. The van der Waals surface area contributed by atoms with Crippen LogP contribution in [0.15, 0.2) is 48.5 Å². The highest BCUT2D eigenvalue weighted by Crippen LogP contribution is 2.16. The van der Waals surface area contributed by atoms with E-state index >= 15 is 0 Å². The molecule has 7 heteroatoms. The quantitative estimate of drug-likeness (QED) is 0.745. The highest BCUT2D eigenvalue weighted by atomic mass is 32.2. The zero-order chi connectivity index (χ0) is 17.2. The third-order valence-corrected chi connectivity index (χ3v) is 5.21. The van der Waals surface area contributed by atoms with Crippen molar-refractivity contribution in [3.63, 3.8) is 0 Å². The second kappa shape index (κ2) is 6.70. The molecule has 0 amide bonds. The fourth-order valence-corrected chi connectivity index (χ4v) is 3.52. The lowest BCUT2D eigenvalue weighted by Gasteiger charge is -2.07. The predicted molar refractivity (Wildman–Crippen MR) is 91.4 cm³/mol. The molecule has 1 aromatic heterocycles. The van der Waals surface area contributed by atoms with Crippen molar-refractivity contribution < 1.29 is 12.8 Å². The van der Waals surface area contributed by atoms with E-state index in [4.69, 9.17) is 0 Å². The Balaban J connectivity index is 1.67. The number of rotatable bonds is 6. The Bertz CT molecular complexity index is 953. The molecule has 1 N–H and O–H groups in total. The lowest BCUT2D eigenvalue weighted by molar-refractivity contribution is 0.577. The third-order valence-electron chi connectivity index (χ3n) is 3.89. The summed E-state index contributed by atoms with van der Waals surface area (Å²) in [7, 11) is -1.64. The maximum absolute atomic E-state index is 13.3. The molecule has 3 aromatic rings. The van der Waals surface area contributed by atoms with Gasteiger partial charge in [-0.3, -0.25) is 0 Å². The lowest BCUT2D eigenvalue weighted by Crippen LogP contribution is -2.28. The van der Waals surface area contributed by atoms with Gasteiger partial charge in [0.2, 0.25) is 10.0 Å². The molecule has 0 fully saturated rings. The highest BCUT2D eigenvalue weighted by molar-refractivity contribution is 7.89. The first kappa shape index (κ1) is 16.6. The second-order valence-corrected chi connectivity index (χ2v) is 7.52. The molecular formula is C17H18FN3O2S. The minimum atomic E-state index is -3.42. The molecule has 0 atom stereocenters. The van der Waals surface area contributed by atoms with Gasteiger partial charge in [0, 0.05) is 13.1 Å². The number of fused-ring (bicyclic) bond motifs is 1. The number of hydrogen-bond donors (Lipinski definition) is 1.